The SMILES string of the molecule is Cc1cc(C(F)(F)F)ccc1CNC[C@]1(O)CCSC1. The van der Waals surface area contributed by atoms with Crippen molar-refractivity contribution in [1.29, 1.82) is 0 Å². The van der Waals surface area contributed by atoms with E-state index in [-0.39, 0.29) is 0 Å². The predicted molar refractivity (Wildman–Crippen MR) is 74.8 cm³/mol. The molecule has 0 aromatic heterocycles. The highest BCUT2D eigenvalue weighted by atomic mass is 32.2. The number of halogens is 3. The first-order chi connectivity index (χ1) is 9.30. The van der Waals surface area contributed by atoms with Crippen LogP contribution >= 0.6 is 11.8 Å². The van der Waals surface area contributed by atoms with Gasteiger partial charge in [0.1, 0.15) is 0 Å². The molecule has 0 saturated carbocycles. The largest absolute Gasteiger partial charge is 0.416 e. The summed E-state index contributed by atoms with van der Waals surface area (Å²) in [6.07, 6.45) is -3.54. The molecule has 1 aromatic rings. The molecule has 0 bridgehead atoms. The lowest BCUT2D eigenvalue weighted by Gasteiger charge is -2.22. The van der Waals surface area contributed by atoms with E-state index in [1.165, 1.54) is 6.07 Å². The summed E-state index contributed by atoms with van der Waals surface area (Å²) in [4.78, 5) is 0. The number of alkyl halides is 3. The molecular weight excluding hydrogens is 287 g/mol. The number of benzene rings is 1. The van der Waals surface area contributed by atoms with E-state index >= 15 is 0 Å². The number of hydrogen-bond acceptors (Lipinski definition) is 3. The van der Waals surface area contributed by atoms with Gasteiger partial charge in [0.2, 0.25) is 0 Å². The van der Waals surface area contributed by atoms with E-state index in [4.69, 9.17) is 0 Å². The number of thioether (sulfide) groups is 1. The lowest BCUT2D eigenvalue weighted by Crippen LogP contribution is -2.40. The van der Waals surface area contributed by atoms with Crippen LogP contribution in [0.1, 0.15) is 23.1 Å². The molecule has 1 heterocycles. The van der Waals surface area contributed by atoms with Gasteiger partial charge in [0.05, 0.1) is 11.2 Å². The van der Waals surface area contributed by atoms with E-state index in [1.54, 1.807) is 18.7 Å². The third kappa shape index (κ3) is 3.90. The average Bonchev–Trinajstić information content (AvgIpc) is 2.77. The van der Waals surface area contributed by atoms with Gasteiger partial charge in [-0.25, -0.2) is 0 Å². The molecule has 1 aromatic carbocycles. The highest BCUT2D eigenvalue weighted by molar-refractivity contribution is 7.99. The minimum absolute atomic E-state index is 0.469. The molecule has 0 amide bonds. The van der Waals surface area contributed by atoms with Crippen molar-refractivity contribution in [3.8, 4) is 0 Å². The Morgan fingerprint density at radius 1 is 1.40 bits per heavy atom. The van der Waals surface area contributed by atoms with E-state index in [2.05, 4.69) is 5.32 Å². The van der Waals surface area contributed by atoms with Crippen LogP contribution in [0.4, 0.5) is 13.2 Å². The van der Waals surface area contributed by atoms with Crippen LogP contribution in [0.2, 0.25) is 0 Å². The highest BCUT2D eigenvalue weighted by Gasteiger charge is 2.32. The summed E-state index contributed by atoms with van der Waals surface area (Å²) >= 11 is 1.72. The van der Waals surface area contributed by atoms with Gasteiger partial charge in [-0.15, -0.1) is 0 Å². The number of hydrogen-bond donors (Lipinski definition) is 2. The summed E-state index contributed by atoms with van der Waals surface area (Å²) in [5, 5.41) is 13.3. The zero-order valence-electron chi connectivity index (χ0n) is 11.3. The molecule has 1 saturated heterocycles. The Morgan fingerprint density at radius 2 is 2.15 bits per heavy atom. The Kier molecular flexibility index (Phi) is 4.66. The van der Waals surface area contributed by atoms with Crippen LogP contribution < -0.4 is 5.32 Å². The predicted octanol–water partition coefficient (Wildman–Crippen LogP) is 2.97. The molecule has 1 atom stereocenters. The van der Waals surface area contributed by atoms with Crippen LogP contribution in [-0.4, -0.2) is 28.8 Å². The van der Waals surface area contributed by atoms with Crippen LogP contribution in [-0.2, 0) is 12.7 Å². The number of nitrogens with one attached hydrogen (secondary N) is 1. The van der Waals surface area contributed by atoms with Gasteiger partial charge in [-0.05, 0) is 42.4 Å². The molecule has 1 aliphatic heterocycles. The van der Waals surface area contributed by atoms with Gasteiger partial charge < -0.3 is 10.4 Å². The molecule has 0 spiro atoms. The van der Waals surface area contributed by atoms with Gasteiger partial charge in [-0.3, -0.25) is 0 Å². The Morgan fingerprint density at radius 3 is 2.70 bits per heavy atom. The maximum absolute atomic E-state index is 12.6. The van der Waals surface area contributed by atoms with Crippen LogP contribution in [0.25, 0.3) is 0 Å². The Balaban J connectivity index is 1.93. The van der Waals surface area contributed by atoms with E-state index in [0.29, 0.717) is 24.4 Å². The zero-order chi connectivity index (χ0) is 14.8. The second-order valence-corrected chi connectivity index (χ2v) is 6.37. The third-order valence-corrected chi connectivity index (χ3v) is 4.76. The van der Waals surface area contributed by atoms with Gasteiger partial charge in [0, 0.05) is 18.8 Å². The van der Waals surface area contributed by atoms with E-state index < -0.39 is 17.3 Å². The van der Waals surface area contributed by atoms with Crippen molar-refractivity contribution in [3.63, 3.8) is 0 Å². The minimum atomic E-state index is -4.30. The van der Waals surface area contributed by atoms with Crippen LogP contribution in [0, 0.1) is 6.92 Å². The summed E-state index contributed by atoms with van der Waals surface area (Å²) in [5.41, 5.74) is 0.140. The summed E-state index contributed by atoms with van der Waals surface area (Å²) in [7, 11) is 0. The Labute approximate surface area is 120 Å². The van der Waals surface area contributed by atoms with Crippen molar-refractivity contribution in [3.05, 3.63) is 34.9 Å². The van der Waals surface area contributed by atoms with Crippen molar-refractivity contribution in [2.75, 3.05) is 18.1 Å². The zero-order valence-corrected chi connectivity index (χ0v) is 12.1. The summed E-state index contributed by atoms with van der Waals surface area (Å²) in [6.45, 7) is 2.61. The first kappa shape index (κ1) is 15.7. The molecule has 20 heavy (non-hydrogen) atoms. The maximum atomic E-state index is 12.6. The molecule has 112 valence electrons. The summed E-state index contributed by atoms with van der Waals surface area (Å²) in [6, 6.07) is 3.76. The van der Waals surface area contributed by atoms with E-state index in [0.717, 1.165) is 29.9 Å². The molecule has 6 heteroatoms. The topological polar surface area (TPSA) is 32.3 Å². The third-order valence-electron chi connectivity index (χ3n) is 3.52. The molecule has 0 aliphatic carbocycles. The fourth-order valence-electron chi connectivity index (χ4n) is 2.24. The van der Waals surface area contributed by atoms with Crippen molar-refractivity contribution >= 4 is 11.8 Å². The second-order valence-electron chi connectivity index (χ2n) is 5.27. The highest BCUT2D eigenvalue weighted by Crippen LogP contribution is 2.30. The molecule has 1 aliphatic rings. The quantitative estimate of drug-likeness (QED) is 0.897. The molecule has 2 rings (SSSR count). The smallest absolute Gasteiger partial charge is 0.388 e. The van der Waals surface area contributed by atoms with E-state index in [9.17, 15) is 18.3 Å². The second kappa shape index (κ2) is 5.95. The molecule has 2 nitrogen and oxygen atoms in total. The minimum Gasteiger partial charge on any atom is -0.388 e. The van der Waals surface area contributed by atoms with Gasteiger partial charge in [0.25, 0.3) is 0 Å². The fourth-order valence-corrected chi connectivity index (χ4v) is 3.53. The number of aryl methyl sites for hydroxylation is 1. The number of aliphatic hydroxyl groups is 1. The van der Waals surface area contributed by atoms with Crippen molar-refractivity contribution < 1.29 is 18.3 Å². The maximum Gasteiger partial charge on any atom is 0.416 e. The van der Waals surface area contributed by atoms with Crippen LogP contribution in [0.5, 0.6) is 0 Å². The van der Waals surface area contributed by atoms with Gasteiger partial charge in [-0.1, -0.05) is 6.07 Å². The summed E-state index contributed by atoms with van der Waals surface area (Å²) < 4.78 is 37.7. The van der Waals surface area contributed by atoms with Crippen LogP contribution in [0.15, 0.2) is 18.2 Å². The molecule has 0 radical (unpaired) electrons. The first-order valence-electron chi connectivity index (χ1n) is 6.48. The summed E-state index contributed by atoms with van der Waals surface area (Å²) in [5.74, 6) is 1.67. The molecule has 0 unspecified atom stereocenters. The van der Waals surface area contributed by atoms with Crippen molar-refractivity contribution in [2.24, 2.45) is 0 Å². The monoisotopic (exact) mass is 305 g/mol. The van der Waals surface area contributed by atoms with Crippen molar-refractivity contribution in [1.82, 2.24) is 5.32 Å². The van der Waals surface area contributed by atoms with E-state index in [1.807, 2.05) is 0 Å². The normalized spacial score (nSPS) is 23.2. The van der Waals surface area contributed by atoms with Gasteiger partial charge in [-0.2, -0.15) is 24.9 Å². The molecule has 2 N–H and O–H groups in total. The fraction of sp³-hybridized carbons (Fsp3) is 0.571. The lowest BCUT2D eigenvalue weighted by atomic mass is 10.0. The standard InChI is InChI=1S/C14H18F3NOS/c1-10-6-12(14(15,16)17)3-2-11(10)7-18-8-13(19)4-5-20-9-13/h2-3,6,18-19H,4-5,7-9H2,1H3/t13-/m1/s1. The van der Waals surface area contributed by atoms with Gasteiger partial charge >= 0.3 is 6.18 Å². The Bertz CT molecular complexity index is 470. The van der Waals surface area contributed by atoms with Crippen molar-refractivity contribution in [2.45, 2.75) is 31.7 Å². The molecular formula is C14H18F3NOS. The number of rotatable bonds is 4. The Hall–Kier alpha value is -0.720. The first-order valence-corrected chi connectivity index (χ1v) is 7.63. The van der Waals surface area contributed by atoms with Crippen LogP contribution in [0.3, 0.4) is 0 Å². The molecule has 1 fully saturated rings. The lowest BCUT2D eigenvalue weighted by molar-refractivity contribution is -0.137. The average molecular weight is 305 g/mol. The van der Waals surface area contributed by atoms with Gasteiger partial charge in [0.15, 0.2) is 0 Å².